The fourth-order valence-corrected chi connectivity index (χ4v) is 0.914. The van der Waals surface area contributed by atoms with Crippen LogP contribution in [0.4, 0.5) is 0 Å². The SMILES string of the molecule is C/C=C/CCNC(C)CC(=O)O. The van der Waals surface area contributed by atoms with Gasteiger partial charge in [0.2, 0.25) is 0 Å². The van der Waals surface area contributed by atoms with Crippen molar-refractivity contribution >= 4 is 5.97 Å². The summed E-state index contributed by atoms with van der Waals surface area (Å²) in [6, 6.07) is 0.0627. The number of carboxylic acids is 1. The third-order valence-corrected chi connectivity index (χ3v) is 1.52. The average Bonchev–Trinajstić information content (AvgIpc) is 1.97. The summed E-state index contributed by atoms with van der Waals surface area (Å²) in [6.45, 7) is 4.70. The topological polar surface area (TPSA) is 49.3 Å². The van der Waals surface area contributed by atoms with Crippen molar-refractivity contribution in [1.29, 1.82) is 0 Å². The molecule has 1 unspecified atom stereocenters. The summed E-state index contributed by atoms with van der Waals surface area (Å²) in [5.74, 6) is -0.749. The van der Waals surface area contributed by atoms with Crippen LogP contribution in [0.25, 0.3) is 0 Å². The van der Waals surface area contributed by atoms with Gasteiger partial charge in [0, 0.05) is 6.04 Å². The molecule has 12 heavy (non-hydrogen) atoms. The fourth-order valence-electron chi connectivity index (χ4n) is 0.914. The molecule has 0 aromatic rings. The molecule has 2 N–H and O–H groups in total. The second kappa shape index (κ2) is 6.85. The molecule has 0 fully saturated rings. The van der Waals surface area contributed by atoms with Crippen LogP contribution in [0.2, 0.25) is 0 Å². The summed E-state index contributed by atoms with van der Waals surface area (Å²) >= 11 is 0. The molecule has 0 rings (SSSR count). The molecule has 0 aliphatic carbocycles. The monoisotopic (exact) mass is 171 g/mol. The third kappa shape index (κ3) is 7.28. The molecule has 0 spiro atoms. The highest BCUT2D eigenvalue weighted by Crippen LogP contribution is 1.90. The Morgan fingerprint density at radius 1 is 1.67 bits per heavy atom. The molecule has 0 aromatic heterocycles. The number of hydrogen-bond acceptors (Lipinski definition) is 2. The standard InChI is InChI=1S/C9H17NO2/c1-3-4-5-6-10-8(2)7-9(11)12/h3-4,8,10H,5-7H2,1-2H3,(H,11,12)/b4-3+. The first kappa shape index (κ1) is 11.2. The van der Waals surface area contributed by atoms with Crippen molar-refractivity contribution in [2.45, 2.75) is 32.7 Å². The molecule has 0 aliphatic heterocycles. The van der Waals surface area contributed by atoms with E-state index in [-0.39, 0.29) is 12.5 Å². The normalized spacial score (nSPS) is 13.5. The van der Waals surface area contributed by atoms with Gasteiger partial charge < -0.3 is 10.4 Å². The molecule has 0 radical (unpaired) electrons. The van der Waals surface area contributed by atoms with E-state index in [9.17, 15) is 4.79 Å². The van der Waals surface area contributed by atoms with Crippen LogP contribution in [-0.2, 0) is 4.79 Å². The number of allylic oxidation sites excluding steroid dienone is 1. The Bertz CT molecular complexity index is 155. The Hall–Kier alpha value is -0.830. The van der Waals surface area contributed by atoms with E-state index >= 15 is 0 Å². The lowest BCUT2D eigenvalue weighted by Gasteiger charge is -2.09. The van der Waals surface area contributed by atoms with E-state index < -0.39 is 5.97 Å². The molecule has 0 saturated heterocycles. The first-order valence-electron chi connectivity index (χ1n) is 4.23. The van der Waals surface area contributed by atoms with Crippen LogP contribution >= 0.6 is 0 Å². The minimum Gasteiger partial charge on any atom is -0.481 e. The Labute approximate surface area is 73.5 Å². The van der Waals surface area contributed by atoms with Gasteiger partial charge in [-0.25, -0.2) is 0 Å². The summed E-state index contributed by atoms with van der Waals surface area (Å²) in [7, 11) is 0. The van der Waals surface area contributed by atoms with Gasteiger partial charge >= 0.3 is 5.97 Å². The van der Waals surface area contributed by atoms with Gasteiger partial charge in [-0.1, -0.05) is 12.2 Å². The zero-order valence-corrected chi connectivity index (χ0v) is 7.71. The van der Waals surface area contributed by atoms with Crippen LogP contribution in [0, 0.1) is 0 Å². The number of rotatable bonds is 6. The molecule has 70 valence electrons. The highest BCUT2D eigenvalue weighted by atomic mass is 16.4. The molecule has 1 atom stereocenters. The van der Waals surface area contributed by atoms with Crippen LogP contribution in [-0.4, -0.2) is 23.7 Å². The van der Waals surface area contributed by atoms with Crippen molar-refractivity contribution in [3.63, 3.8) is 0 Å². The minimum absolute atomic E-state index is 0.0627. The maximum Gasteiger partial charge on any atom is 0.304 e. The second-order valence-electron chi connectivity index (χ2n) is 2.81. The number of nitrogens with one attached hydrogen (secondary N) is 1. The summed E-state index contributed by atoms with van der Waals surface area (Å²) < 4.78 is 0. The summed E-state index contributed by atoms with van der Waals surface area (Å²) in [5, 5.41) is 11.5. The summed E-state index contributed by atoms with van der Waals surface area (Å²) in [4.78, 5) is 10.2. The van der Waals surface area contributed by atoms with Crippen LogP contribution < -0.4 is 5.32 Å². The maximum atomic E-state index is 10.2. The second-order valence-corrected chi connectivity index (χ2v) is 2.81. The predicted molar refractivity (Wildman–Crippen MR) is 49.1 cm³/mol. The van der Waals surface area contributed by atoms with Gasteiger partial charge in [-0.3, -0.25) is 4.79 Å². The number of hydrogen-bond donors (Lipinski definition) is 2. The molecule has 0 saturated carbocycles. The van der Waals surface area contributed by atoms with Gasteiger partial charge in [-0.2, -0.15) is 0 Å². The summed E-state index contributed by atoms with van der Waals surface area (Å²) in [5.41, 5.74) is 0. The molecule has 0 aromatic carbocycles. The van der Waals surface area contributed by atoms with Gasteiger partial charge in [-0.05, 0) is 26.8 Å². The molecule has 3 heteroatoms. The van der Waals surface area contributed by atoms with Crippen molar-refractivity contribution in [2.75, 3.05) is 6.54 Å². The van der Waals surface area contributed by atoms with E-state index in [2.05, 4.69) is 11.4 Å². The largest absolute Gasteiger partial charge is 0.481 e. The Kier molecular flexibility index (Phi) is 6.38. The fraction of sp³-hybridized carbons (Fsp3) is 0.667. The zero-order chi connectivity index (χ0) is 9.40. The van der Waals surface area contributed by atoms with E-state index in [1.165, 1.54) is 0 Å². The quantitative estimate of drug-likeness (QED) is 0.469. The van der Waals surface area contributed by atoms with Crippen LogP contribution in [0.5, 0.6) is 0 Å². The molecule has 0 aliphatic rings. The minimum atomic E-state index is -0.749. The Morgan fingerprint density at radius 2 is 2.33 bits per heavy atom. The van der Waals surface area contributed by atoms with Crippen molar-refractivity contribution < 1.29 is 9.90 Å². The lowest BCUT2D eigenvalue weighted by Crippen LogP contribution is -2.29. The molecule has 3 nitrogen and oxygen atoms in total. The van der Waals surface area contributed by atoms with Crippen LogP contribution in [0.15, 0.2) is 12.2 Å². The van der Waals surface area contributed by atoms with Gasteiger partial charge in [-0.15, -0.1) is 0 Å². The molecule has 0 bridgehead atoms. The first-order chi connectivity index (χ1) is 5.66. The highest BCUT2D eigenvalue weighted by Gasteiger charge is 2.04. The summed E-state index contributed by atoms with van der Waals surface area (Å²) in [6.07, 6.45) is 5.19. The van der Waals surface area contributed by atoms with Crippen molar-refractivity contribution in [3.05, 3.63) is 12.2 Å². The van der Waals surface area contributed by atoms with E-state index in [1.807, 2.05) is 19.9 Å². The number of carbonyl (C=O) groups is 1. The Balaban J connectivity index is 3.31. The average molecular weight is 171 g/mol. The number of carboxylic acid groups (broad SMARTS) is 1. The number of aliphatic carboxylic acids is 1. The zero-order valence-electron chi connectivity index (χ0n) is 7.71. The molecule has 0 amide bonds. The van der Waals surface area contributed by atoms with E-state index in [4.69, 9.17) is 5.11 Å². The van der Waals surface area contributed by atoms with Gasteiger partial charge in [0.15, 0.2) is 0 Å². The molecular formula is C9H17NO2. The lowest BCUT2D eigenvalue weighted by atomic mass is 10.2. The van der Waals surface area contributed by atoms with Gasteiger partial charge in [0.25, 0.3) is 0 Å². The smallest absolute Gasteiger partial charge is 0.304 e. The van der Waals surface area contributed by atoms with Crippen molar-refractivity contribution in [1.82, 2.24) is 5.32 Å². The maximum absolute atomic E-state index is 10.2. The first-order valence-corrected chi connectivity index (χ1v) is 4.23. The lowest BCUT2D eigenvalue weighted by molar-refractivity contribution is -0.137. The van der Waals surface area contributed by atoms with Gasteiger partial charge in [0.05, 0.1) is 6.42 Å². The third-order valence-electron chi connectivity index (χ3n) is 1.52. The molecular weight excluding hydrogens is 154 g/mol. The van der Waals surface area contributed by atoms with Crippen LogP contribution in [0.1, 0.15) is 26.7 Å². The highest BCUT2D eigenvalue weighted by molar-refractivity contribution is 5.67. The molecule has 0 heterocycles. The van der Waals surface area contributed by atoms with E-state index in [1.54, 1.807) is 0 Å². The van der Waals surface area contributed by atoms with Crippen molar-refractivity contribution in [3.8, 4) is 0 Å². The van der Waals surface area contributed by atoms with E-state index in [0.717, 1.165) is 13.0 Å². The van der Waals surface area contributed by atoms with Crippen molar-refractivity contribution in [2.24, 2.45) is 0 Å². The van der Waals surface area contributed by atoms with Gasteiger partial charge in [0.1, 0.15) is 0 Å². The predicted octanol–water partition coefficient (Wildman–Crippen LogP) is 1.41. The van der Waals surface area contributed by atoms with E-state index in [0.29, 0.717) is 0 Å². The Morgan fingerprint density at radius 3 is 2.83 bits per heavy atom. The van der Waals surface area contributed by atoms with Crippen LogP contribution in [0.3, 0.4) is 0 Å².